The highest BCUT2D eigenvalue weighted by molar-refractivity contribution is 5.41. The highest BCUT2D eigenvalue weighted by atomic mass is 16.7. The molecular weight excluding hydrogens is 440 g/mol. The van der Waals surface area contributed by atoms with Crippen molar-refractivity contribution in [1.82, 2.24) is 4.90 Å². The fraction of sp³-hybridized carbons (Fsp3) is 0.379. The molecule has 35 heavy (non-hydrogen) atoms. The van der Waals surface area contributed by atoms with Gasteiger partial charge in [-0.15, -0.1) is 0 Å². The second-order valence-electron chi connectivity index (χ2n) is 9.53. The second kappa shape index (κ2) is 11.3. The molecule has 0 radical (unpaired) electrons. The first-order valence-corrected chi connectivity index (χ1v) is 12.2. The van der Waals surface area contributed by atoms with Gasteiger partial charge in [-0.2, -0.15) is 0 Å². The number of anilines is 1. The maximum absolute atomic E-state index is 11.0. The van der Waals surface area contributed by atoms with Crippen LogP contribution >= 0.6 is 0 Å². The van der Waals surface area contributed by atoms with E-state index in [1.54, 1.807) is 0 Å². The van der Waals surface area contributed by atoms with Crippen LogP contribution in [0.5, 0.6) is 0 Å². The topological polar surface area (TPSA) is 88.2 Å². The molecule has 0 bridgehead atoms. The highest BCUT2D eigenvalue weighted by Gasteiger charge is 2.39. The second-order valence-corrected chi connectivity index (χ2v) is 9.53. The van der Waals surface area contributed by atoms with Crippen molar-refractivity contribution >= 4 is 5.69 Å². The van der Waals surface area contributed by atoms with E-state index in [0.717, 1.165) is 22.3 Å². The summed E-state index contributed by atoms with van der Waals surface area (Å²) >= 11 is 0. The number of aliphatic hydroxyl groups excluding tert-OH is 2. The lowest BCUT2D eigenvalue weighted by Crippen LogP contribution is -2.46. The van der Waals surface area contributed by atoms with Gasteiger partial charge in [0.2, 0.25) is 0 Å². The zero-order chi connectivity index (χ0) is 24.9. The third-order valence-electron chi connectivity index (χ3n) is 7.07. The Morgan fingerprint density at radius 2 is 1.66 bits per heavy atom. The van der Waals surface area contributed by atoms with Crippen molar-refractivity contribution in [2.45, 2.75) is 51.1 Å². The molecule has 3 aromatic rings. The van der Waals surface area contributed by atoms with Crippen molar-refractivity contribution in [1.29, 1.82) is 0 Å². The van der Waals surface area contributed by atoms with Gasteiger partial charge < -0.3 is 25.4 Å². The molecule has 1 fully saturated rings. The SMILES string of the molecule is C[C@H]1[C@@H](CN(C)[C@H](C)[C@@H](O)c2ccccc2)O[C@@H](c2cccc(N)c2)O[C@H]1c1ccc(CO)cc1. The number of hydrogen-bond donors (Lipinski definition) is 3. The summed E-state index contributed by atoms with van der Waals surface area (Å²) in [6.07, 6.45) is -1.52. The Kier molecular flexibility index (Phi) is 8.21. The molecule has 6 nitrogen and oxygen atoms in total. The predicted octanol–water partition coefficient (Wildman–Crippen LogP) is 4.61. The van der Waals surface area contributed by atoms with E-state index in [2.05, 4.69) is 11.8 Å². The summed E-state index contributed by atoms with van der Waals surface area (Å²) in [6, 6.07) is 25.1. The van der Waals surface area contributed by atoms with Gasteiger partial charge in [0.05, 0.1) is 24.9 Å². The summed E-state index contributed by atoms with van der Waals surface area (Å²) in [4.78, 5) is 2.15. The number of nitrogens with zero attached hydrogens (tertiary/aromatic N) is 1. The van der Waals surface area contributed by atoms with Gasteiger partial charge in [-0.1, -0.05) is 73.7 Å². The van der Waals surface area contributed by atoms with E-state index in [4.69, 9.17) is 15.2 Å². The van der Waals surface area contributed by atoms with E-state index >= 15 is 0 Å². The Balaban J connectivity index is 1.57. The molecule has 0 spiro atoms. The minimum absolute atomic E-state index is 0.00539. The molecular formula is C29H36N2O4. The van der Waals surface area contributed by atoms with Gasteiger partial charge in [0.25, 0.3) is 0 Å². The number of hydrogen-bond acceptors (Lipinski definition) is 6. The smallest absolute Gasteiger partial charge is 0.185 e. The molecule has 3 aromatic carbocycles. The molecule has 0 amide bonds. The minimum Gasteiger partial charge on any atom is -0.399 e. The number of nitrogens with two attached hydrogens (primary N) is 1. The Hall–Kier alpha value is -2.74. The quantitative estimate of drug-likeness (QED) is 0.412. The highest BCUT2D eigenvalue weighted by Crippen LogP contribution is 2.42. The first-order chi connectivity index (χ1) is 16.9. The van der Waals surface area contributed by atoms with Crippen LogP contribution in [0.3, 0.4) is 0 Å². The van der Waals surface area contributed by atoms with Crippen molar-refractivity contribution in [3.63, 3.8) is 0 Å². The third-order valence-corrected chi connectivity index (χ3v) is 7.07. The molecule has 6 heteroatoms. The molecule has 4 N–H and O–H groups in total. The van der Waals surface area contributed by atoms with Crippen LogP contribution in [0.2, 0.25) is 0 Å². The summed E-state index contributed by atoms with van der Waals surface area (Å²) < 4.78 is 13.0. The molecule has 1 saturated heterocycles. The van der Waals surface area contributed by atoms with E-state index < -0.39 is 12.4 Å². The summed E-state index contributed by atoms with van der Waals surface area (Å²) in [6.45, 7) is 4.80. The number of ether oxygens (including phenoxy) is 2. The van der Waals surface area contributed by atoms with Gasteiger partial charge in [-0.3, -0.25) is 4.90 Å². The molecule has 0 aromatic heterocycles. The largest absolute Gasteiger partial charge is 0.399 e. The molecule has 0 aliphatic carbocycles. The molecule has 1 aliphatic heterocycles. The third kappa shape index (κ3) is 5.92. The molecule has 4 rings (SSSR count). The number of rotatable bonds is 8. The first-order valence-electron chi connectivity index (χ1n) is 12.2. The van der Waals surface area contributed by atoms with Crippen molar-refractivity contribution in [3.8, 4) is 0 Å². The van der Waals surface area contributed by atoms with E-state index in [0.29, 0.717) is 12.2 Å². The Morgan fingerprint density at radius 3 is 2.31 bits per heavy atom. The Bertz CT molecular complexity index is 1080. The molecule has 1 aliphatic rings. The van der Waals surface area contributed by atoms with E-state index in [1.807, 2.05) is 92.8 Å². The molecule has 6 atom stereocenters. The lowest BCUT2D eigenvalue weighted by Gasteiger charge is -2.43. The lowest BCUT2D eigenvalue weighted by molar-refractivity contribution is -0.276. The van der Waals surface area contributed by atoms with Gasteiger partial charge in [-0.05, 0) is 42.8 Å². The van der Waals surface area contributed by atoms with Gasteiger partial charge in [0.15, 0.2) is 6.29 Å². The fourth-order valence-corrected chi connectivity index (χ4v) is 4.65. The van der Waals surface area contributed by atoms with E-state index in [9.17, 15) is 10.2 Å². The molecule has 0 unspecified atom stereocenters. The summed E-state index contributed by atoms with van der Waals surface area (Å²) in [5.41, 5.74) is 10.4. The summed E-state index contributed by atoms with van der Waals surface area (Å²) in [5, 5.41) is 20.4. The first kappa shape index (κ1) is 25.4. The average Bonchev–Trinajstić information content (AvgIpc) is 2.89. The Labute approximate surface area is 207 Å². The van der Waals surface area contributed by atoms with E-state index in [-0.39, 0.29) is 30.8 Å². The van der Waals surface area contributed by atoms with Crippen molar-refractivity contribution in [2.75, 3.05) is 19.3 Å². The fourth-order valence-electron chi connectivity index (χ4n) is 4.65. The molecule has 186 valence electrons. The maximum Gasteiger partial charge on any atom is 0.185 e. The molecule has 1 heterocycles. The minimum atomic E-state index is -0.608. The molecule has 0 saturated carbocycles. The summed E-state index contributed by atoms with van der Waals surface area (Å²) in [7, 11) is 2.02. The normalized spacial score (nSPS) is 24.3. The lowest BCUT2D eigenvalue weighted by atomic mass is 9.89. The predicted molar refractivity (Wildman–Crippen MR) is 137 cm³/mol. The van der Waals surface area contributed by atoms with Crippen LogP contribution in [0.15, 0.2) is 78.9 Å². The number of aliphatic hydroxyl groups is 2. The van der Waals surface area contributed by atoms with Crippen LogP contribution in [0.4, 0.5) is 5.69 Å². The van der Waals surface area contributed by atoms with Gasteiger partial charge in [0.1, 0.15) is 0 Å². The maximum atomic E-state index is 11.0. The Morgan fingerprint density at radius 1 is 0.943 bits per heavy atom. The monoisotopic (exact) mass is 476 g/mol. The van der Waals surface area contributed by atoms with Gasteiger partial charge in [0, 0.05) is 29.8 Å². The zero-order valence-corrected chi connectivity index (χ0v) is 20.6. The standard InChI is InChI=1S/C29H36N2O4/c1-19-26(17-31(3)20(2)27(33)22-8-5-4-6-9-22)34-29(24-10-7-11-25(30)16-24)35-28(19)23-14-12-21(18-32)13-15-23/h4-16,19-20,26-29,32-33H,17-18,30H2,1-3H3/t19-,20+,26+,27+,28+,29+/m0/s1. The van der Waals surface area contributed by atoms with Gasteiger partial charge in [-0.25, -0.2) is 0 Å². The number of benzene rings is 3. The van der Waals surface area contributed by atoms with Crippen molar-refractivity contribution < 1.29 is 19.7 Å². The van der Waals surface area contributed by atoms with Crippen molar-refractivity contribution in [3.05, 3.63) is 101 Å². The van der Waals surface area contributed by atoms with Crippen LogP contribution in [-0.2, 0) is 16.1 Å². The van der Waals surface area contributed by atoms with Crippen LogP contribution in [0.1, 0.15) is 54.6 Å². The van der Waals surface area contributed by atoms with Crippen LogP contribution in [0.25, 0.3) is 0 Å². The van der Waals surface area contributed by atoms with Crippen LogP contribution < -0.4 is 5.73 Å². The van der Waals surface area contributed by atoms with Crippen molar-refractivity contribution in [2.24, 2.45) is 5.92 Å². The van der Waals surface area contributed by atoms with Crippen LogP contribution in [-0.4, -0.2) is 40.9 Å². The average molecular weight is 477 g/mol. The number of nitrogen functional groups attached to an aromatic ring is 1. The number of likely N-dealkylation sites (N-methyl/N-ethyl adjacent to an activating group) is 1. The van der Waals surface area contributed by atoms with E-state index in [1.165, 1.54) is 0 Å². The van der Waals surface area contributed by atoms with Crippen LogP contribution in [0, 0.1) is 5.92 Å². The zero-order valence-electron chi connectivity index (χ0n) is 20.6. The summed E-state index contributed by atoms with van der Waals surface area (Å²) in [5.74, 6) is 0.0517. The van der Waals surface area contributed by atoms with Gasteiger partial charge >= 0.3 is 0 Å².